The lowest BCUT2D eigenvalue weighted by Crippen LogP contribution is -2.29. The van der Waals surface area contributed by atoms with E-state index >= 15 is 0 Å². The number of aromatic hydroxyl groups is 1. The van der Waals surface area contributed by atoms with Gasteiger partial charge in [-0.2, -0.15) is 13.2 Å². The smallest absolute Gasteiger partial charge is 0.416 e. The summed E-state index contributed by atoms with van der Waals surface area (Å²) in [5, 5.41) is 21.4. The first-order chi connectivity index (χ1) is 16.5. The molecule has 0 saturated carbocycles. The van der Waals surface area contributed by atoms with E-state index in [1.165, 1.54) is 55.6 Å². The number of carbonyl (C=O) groups excluding carboxylic acids is 2. The van der Waals surface area contributed by atoms with E-state index in [-0.39, 0.29) is 33.9 Å². The summed E-state index contributed by atoms with van der Waals surface area (Å²) in [4.78, 5) is 27.1. The Morgan fingerprint density at radius 1 is 1.03 bits per heavy atom. The molecular weight excluding hydrogens is 487 g/mol. The Balaban J connectivity index is 1.97. The molecule has 180 valence electrons. The van der Waals surface area contributed by atoms with Crippen LogP contribution in [-0.2, 0) is 15.8 Å². The number of rotatable bonds is 4. The maximum atomic E-state index is 13.4. The summed E-state index contributed by atoms with van der Waals surface area (Å²) >= 11 is 5.90. The number of anilines is 1. The van der Waals surface area contributed by atoms with E-state index < -0.39 is 35.2 Å². The van der Waals surface area contributed by atoms with Gasteiger partial charge in [-0.3, -0.25) is 14.5 Å². The molecule has 1 heterocycles. The zero-order chi connectivity index (χ0) is 25.5. The van der Waals surface area contributed by atoms with Crippen molar-refractivity contribution < 1.29 is 37.7 Å². The lowest BCUT2D eigenvalue weighted by molar-refractivity contribution is -0.137. The number of ether oxygens (including phenoxy) is 1. The van der Waals surface area contributed by atoms with Gasteiger partial charge in [0.05, 0.1) is 24.3 Å². The fourth-order valence-electron chi connectivity index (χ4n) is 3.87. The quantitative estimate of drug-likeness (QED) is 0.271. The van der Waals surface area contributed by atoms with Crippen molar-refractivity contribution in [1.82, 2.24) is 0 Å². The minimum atomic E-state index is -4.69. The van der Waals surface area contributed by atoms with Gasteiger partial charge < -0.3 is 14.9 Å². The minimum Gasteiger partial charge on any atom is -0.507 e. The third kappa shape index (κ3) is 4.42. The number of alkyl halides is 3. The number of carbonyl (C=O) groups is 2. The Morgan fingerprint density at radius 3 is 2.34 bits per heavy atom. The number of hydrogen-bond donors (Lipinski definition) is 2. The van der Waals surface area contributed by atoms with Crippen LogP contribution in [0.5, 0.6) is 11.5 Å². The third-order valence-electron chi connectivity index (χ3n) is 5.53. The maximum absolute atomic E-state index is 13.4. The van der Waals surface area contributed by atoms with Crippen LogP contribution in [0.3, 0.4) is 0 Å². The lowest BCUT2D eigenvalue weighted by atomic mass is 9.94. The minimum absolute atomic E-state index is 0.00335. The molecule has 1 saturated heterocycles. The van der Waals surface area contributed by atoms with E-state index in [2.05, 4.69) is 0 Å². The van der Waals surface area contributed by atoms with Gasteiger partial charge in [-0.1, -0.05) is 23.7 Å². The first-order valence-corrected chi connectivity index (χ1v) is 10.5. The van der Waals surface area contributed by atoms with E-state index in [4.69, 9.17) is 16.3 Å². The van der Waals surface area contributed by atoms with Crippen LogP contribution < -0.4 is 9.64 Å². The van der Waals surface area contributed by atoms with E-state index in [9.17, 15) is 33.0 Å². The van der Waals surface area contributed by atoms with Crippen molar-refractivity contribution in [3.05, 3.63) is 94.0 Å². The Bertz CT molecular complexity index is 1350. The van der Waals surface area contributed by atoms with Crippen molar-refractivity contribution in [2.75, 3.05) is 12.0 Å². The van der Waals surface area contributed by atoms with Crippen molar-refractivity contribution >= 4 is 34.7 Å². The summed E-state index contributed by atoms with van der Waals surface area (Å²) in [7, 11) is 1.29. The first kappa shape index (κ1) is 24.2. The standard InChI is InChI=1S/C25H17ClF3NO5/c1-35-19-11-14(7-10-18(19)31)21-20(22(32)13-5-8-16(26)9-6-13)23(33)24(34)30(21)17-4-2-3-15(12-17)25(27,28)29/h2-12,21,31-32H,1H3/t21-/m0/s1. The van der Waals surface area contributed by atoms with Gasteiger partial charge in [-0.25, -0.2) is 0 Å². The van der Waals surface area contributed by atoms with Gasteiger partial charge in [-0.15, -0.1) is 0 Å². The van der Waals surface area contributed by atoms with Crippen LogP contribution in [0, 0.1) is 0 Å². The number of phenolic OH excluding ortho intramolecular Hbond substituents is 1. The molecule has 0 aromatic heterocycles. The van der Waals surface area contributed by atoms with Gasteiger partial charge in [0.2, 0.25) is 0 Å². The third-order valence-corrected chi connectivity index (χ3v) is 5.79. The molecule has 1 aliphatic rings. The number of ketones is 1. The zero-order valence-electron chi connectivity index (χ0n) is 18.0. The highest BCUT2D eigenvalue weighted by Crippen LogP contribution is 2.45. The second-order valence-corrected chi connectivity index (χ2v) is 8.09. The topological polar surface area (TPSA) is 87.1 Å². The van der Waals surface area contributed by atoms with Crippen molar-refractivity contribution in [1.29, 1.82) is 0 Å². The molecule has 10 heteroatoms. The number of aliphatic hydroxyl groups excluding tert-OH is 1. The highest BCUT2D eigenvalue weighted by atomic mass is 35.5. The number of Topliss-reactive ketones (excluding diaryl/α,β-unsaturated/α-hetero) is 1. The molecule has 6 nitrogen and oxygen atoms in total. The largest absolute Gasteiger partial charge is 0.507 e. The number of hydrogen-bond acceptors (Lipinski definition) is 5. The van der Waals surface area contributed by atoms with Gasteiger partial charge in [-0.05, 0) is 60.2 Å². The molecule has 1 fully saturated rings. The SMILES string of the molecule is COc1cc([C@H]2C(=C(O)c3ccc(Cl)cc3)C(=O)C(=O)N2c2cccc(C(F)(F)F)c2)ccc1O. The normalized spacial score (nSPS) is 17.6. The molecule has 1 amide bonds. The van der Waals surface area contributed by atoms with Gasteiger partial charge in [0.15, 0.2) is 11.5 Å². The highest BCUT2D eigenvalue weighted by Gasteiger charge is 2.47. The summed E-state index contributed by atoms with van der Waals surface area (Å²) in [6, 6.07) is 12.4. The molecule has 0 aliphatic carbocycles. The Kier molecular flexibility index (Phi) is 6.21. The molecule has 1 atom stereocenters. The molecule has 0 radical (unpaired) electrons. The Hall–Kier alpha value is -3.98. The Labute approximate surface area is 202 Å². The molecule has 3 aromatic carbocycles. The van der Waals surface area contributed by atoms with E-state index in [0.29, 0.717) is 5.02 Å². The van der Waals surface area contributed by atoms with Crippen LogP contribution in [0.2, 0.25) is 5.02 Å². The second-order valence-electron chi connectivity index (χ2n) is 7.66. The van der Waals surface area contributed by atoms with Crippen molar-refractivity contribution in [2.45, 2.75) is 12.2 Å². The number of phenols is 1. The number of halogens is 4. The monoisotopic (exact) mass is 503 g/mol. The molecule has 35 heavy (non-hydrogen) atoms. The van der Waals surface area contributed by atoms with Crippen LogP contribution in [0.4, 0.5) is 18.9 Å². The summed E-state index contributed by atoms with van der Waals surface area (Å²) in [6.45, 7) is 0. The van der Waals surface area contributed by atoms with Crippen LogP contribution in [-0.4, -0.2) is 29.0 Å². The van der Waals surface area contributed by atoms with Crippen LogP contribution in [0.1, 0.15) is 22.7 Å². The molecular formula is C25H17ClF3NO5. The molecule has 2 N–H and O–H groups in total. The predicted octanol–water partition coefficient (Wildman–Crippen LogP) is 5.70. The number of amides is 1. The molecule has 3 aromatic rings. The summed E-state index contributed by atoms with van der Waals surface area (Å²) in [5.74, 6) is -2.98. The fourth-order valence-corrected chi connectivity index (χ4v) is 4.00. The van der Waals surface area contributed by atoms with Crippen molar-refractivity contribution in [3.8, 4) is 11.5 Å². The molecule has 1 aliphatic heterocycles. The molecule has 4 rings (SSSR count). The van der Waals surface area contributed by atoms with Gasteiger partial charge in [0.25, 0.3) is 11.7 Å². The van der Waals surface area contributed by atoms with E-state index in [0.717, 1.165) is 23.1 Å². The second kappa shape index (κ2) is 8.99. The number of nitrogens with zero attached hydrogens (tertiary/aromatic N) is 1. The van der Waals surface area contributed by atoms with Crippen LogP contribution in [0.15, 0.2) is 72.3 Å². The molecule has 0 unspecified atom stereocenters. The molecule has 0 bridgehead atoms. The van der Waals surface area contributed by atoms with Crippen LogP contribution in [0.25, 0.3) is 5.76 Å². The summed E-state index contributed by atoms with van der Waals surface area (Å²) in [6.07, 6.45) is -4.69. The zero-order valence-corrected chi connectivity index (χ0v) is 18.8. The lowest BCUT2D eigenvalue weighted by Gasteiger charge is -2.26. The summed E-state index contributed by atoms with van der Waals surface area (Å²) in [5.41, 5.74) is -1.17. The number of methoxy groups -OCH3 is 1. The number of aliphatic hydroxyl groups is 1. The van der Waals surface area contributed by atoms with Crippen molar-refractivity contribution in [3.63, 3.8) is 0 Å². The first-order valence-electron chi connectivity index (χ1n) is 10.1. The predicted molar refractivity (Wildman–Crippen MR) is 122 cm³/mol. The average molecular weight is 504 g/mol. The molecule has 0 spiro atoms. The average Bonchev–Trinajstić information content (AvgIpc) is 3.09. The number of benzene rings is 3. The van der Waals surface area contributed by atoms with E-state index in [1.807, 2.05) is 0 Å². The van der Waals surface area contributed by atoms with Gasteiger partial charge >= 0.3 is 6.18 Å². The van der Waals surface area contributed by atoms with Gasteiger partial charge in [0.1, 0.15) is 5.76 Å². The van der Waals surface area contributed by atoms with Gasteiger partial charge in [0, 0.05) is 16.3 Å². The van der Waals surface area contributed by atoms with Crippen molar-refractivity contribution in [2.24, 2.45) is 0 Å². The highest BCUT2D eigenvalue weighted by molar-refractivity contribution is 6.51. The Morgan fingerprint density at radius 2 is 1.71 bits per heavy atom. The van der Waals surface area contributed by atoms with E-state index in [1.54, 1.807) is 0 Å². The summed E-state index contributed by atoms with van der Waals surface area (Å²) < 4.78 is 45.2. The maximum Gasteiger partial charge on any atom is 0.416 e. The van der Waals surface area contributed by atoms with Crippen LogP contribution >= 0.6 is 11.6 Å². The fraction of sp³-hybridized carbons (Fsp3) is 0.120.